The van der Waals surface area contributed by atoms with Crippen LogP contribution < -0.4 is 10.6 Å². The molecule has 5 nitrogen and oxygen atoms in total. The average Bonchev–Trinajstić information content (AvgIpc) is 3.17. The van der Waals surface area contributed by atoms with E-state index in [1.54, 1.807) is 0 Å². The number of thioether (sulfide) groups is 1. The Balaban J connectivity index is 0.00000261. The third-order valence-corrected chi connectivity index (χ3v) is 6.40. The van der Waals surface area contributed by atoms with Gasteiger partial charge in [0.15, 0.2) is 5.96 Å². The van der Waals surface area contributed by atoms with Gasteiger partial charge in [0.05, 0.1) is 12.6 Å². The van der Waals surface area contributed by atoms with Gasteiger partial charge in [0.1, 0.15) is 0 Å². The number of aliphatic imine (C=N–C) groups is 1. The number of guanidine groups is 1. The molecular weight excluding hydrogens is 471 g/mol. The van der Waals surface area contributed by atoms with Crippen molar-refractivity contribution < 1.29 is 5.11 Å². The number of benzene rings is 1. The molecule has 1 fully saturated rings. The molecule has 1 saturated heterocycles. The summed E-state index contributed by atoms with van der Waals surface area (Å²) < 4.78 is 0. The number of fused-ring (bicyclic) bond motifs is 1. The van der Waals surface area contributed by atoms with E-state index in [0.717, 1.165) is 38.6 Å². The van der Waals surface area contributed by atoms with Gasteiger partial charge in [-0.3, -0.25) is 9.89 Å². The summed E-state index contributed by atoms with van der Waals surface area (Å²) in [5.41, 5.74) is 2.83. The third kappa shape index (κ3) is 7.44. The average molecular weight is 504 g/mol. The van der Waals surface area contributed by atoms with E-state index in [1.807, 2.05) is 11.8 Å². The molecule has 2 heterocycles. The monoisotopic (exact) mass is 504 g/mol. The molecule has 1 aromatic carbocycles. The second-order valence-corrected chi connectivity index (χ2v) is 8.55. The summed E-state index contributed by atoms with van der Waals surface area (Å²) in [6, 6.07) is 8.61. The first-order valence-corrected chi connectivity index (χ1v) is 10.9. The van der Waals surface area contributed by atoms with Crippen molar-refractivity contribution in [3.05, 3.63) is 35.4 Å². The van der Waals surface area contributed by atoms with Crippen LogP contribution in [0.25, 0.3) is 0 Å². The van der Waals surface area contributed by atoms with E-state index < -0.39 is 6.10 Å². The van der Waals surface area contributed by atoms with Gasteiger partial charge in [-0.05, 0) is 43.1 Å². The Kier molecular flexibility index (Phi) is 10.2. The Morgan fingerprint density at radius 3 is 2.89 bits per heavy atom. The lowest BCUT2D eigenvalue weighted by Crippen LogP contribution is -2.42. The van der Waals surface area contributed by atoms with E-state index in [9.17, 15) is 5.11 Å². The lowest BCUT2D eigenvalue weighted by molar-refractivity contribution is 0.111. The van der Waals surface area contributed by atoms with Gasteiger partial charge in [-0.2, -0.15) is 11.8 Å². The second-order valence-electron chi connectivity index (χ2n) is 7.14. The molecule has 152 valence electrons. The fourth-order valence-electron chi connectivity index (χ4n) is 3.62. The van der Waals surface area contributed by atoms with Crippen LogP contribution in [0.15, 0.2) is 29.3 Å². The van der Waals surface area contributed by atoms with E-state index in [1.165, 1.54) is 29.7 Å². The minimum atomic E-state index is -0.434. The number of aliphatic hydroxyl groups excluding tert-OH is 1. The van der Waals surface area contributed by atoms with Gasteiger partial charge >= 0.3 is 0 Å². The van der Waals surface area contributed by atoms with Crippen LogP contribution >= 0.6 is 35.7 Å². The summed E-state index contributed by atoms with van der Waals surface area (Å²) in [6.07, 6.45) is 3.24. The molecule has 2 aliphatic rings. The molecule has 7 heteroatoms. The summed E-state index contributed by atoms with van der Waals surface area (Å²) in [7, 11) is 0. The van der Waals surface area contributed by atoms with Crippen molar-refractivity contribution >= 4 is 41.7 Å². The number of aliphatic hydroxyl groups is 1. The number of halogens is 1. The fraction of sp³-hybridized carbons (Fsp3) is 0.650. The van der Waals surface area contributed by atoms with Crippen molar-refractivity contribution in [2.75, 3.05) is 38.5 Å². The van der Waals surface area contributed by atoms with Gasteiger partial charge in [0.2, 0.25) is 0 Å². The van der Waals surface area contributed by atoms with Crippen molar-refractivity contribution in [1.82, 2.24) is 15.5 Å². The van der Waals surface area contributed by atoms with Crippen LogP contribution in [0.5, 0.6) is 0 Å². The fourth-order valence-corrected chi connectivity index (χ4v) is 4.82. The van der Waals surface area contributed by atoms with Crippen molar-refractivity contribution in [2.45, 2.75) is 44.1 Å². The number of hydrogen-bond donors (Lipinski definition) is 3. The lowest BCUT2D eigenvalue weighted by Gasteiger charge is -2.30. The van der Waals surface area contributed by atoms with E-state index >= 15 is 0 Å². The van der Waals surface area contributed by atoms with Crippen LogP contribution in [0, 0.1) is 0 Å². The molecule has 0 radical (unpaired) electrons. The first kappa shape index (κ1) is 22.8. The number of nitrogens with one attached hydrogen (secondary N) is 2. The van der Waals surface area contributed by atoms with Crippen LogP contribution in [-0.4, -0.2) is 65.8 Å². The molecule has 0 bridgehead atoms. The largest absolute Gasteiger partial charge is 0.390 e. The van der Waals surface area contributed by atoms with Crippen molar-refractivity contribution in [1.29, 1.82) is 0 Å². The van der Waals surface area contributed by atoms with E-state index in [4.69, 9.17) is 0 Å². The maximum Gasteiger partial charge on any atom is 0.191 e. The zero-order valence-electron chi connectivity index (χ0n) is 16.2. The Bertz CT molecular complexity index is 595. The van der Waals surface area contributed by atoms with E-state index in [0.29, 0.717) is 18.3 Å². The molecule has 0 spiro atoms. The Labute approximate surface area is 184 Å². The topological polar surface area (TPSA) is 59.9 Å². The molecule has 0 saturated carbocycles. The summed E-state index contributed by atoms with van der Waals surface area (Å²) in [5.74, 6) is 2.10. The number of β-amino-alcohol motifs (C(OH)–C–C–N with tert-alkyl or cyclic N) is 1. The number of rotatable bonds is 7. The molecule has 2 atom stereocenters. The molecule has 2 aliphatic heterocycles. The van der Waals surface area contributed by atoms with Crippen molar-refractivity contribution in [2.24, 2.45) is 4.99 Å². The van der Waals surface area contributed by atoms with Crippen LogP contribution in [0.2, 0.25) is 0 Å². The Morgan fingerprint density at radius 1 is 1.33 bits per heavy atom. The highest BCUT2D eigenvalue weighted by molar-refractivity contribution is 14.0. The van der Waals surface area contributed by atoms with Gasteiger partial charge in [-0.1, -0.05) is 24.3 Å². The van der Waals surface area contributed by atoms with Crippen LogP contribution in [0.3, 0.4) is 0 Å². The highest BCUT2D eigenvalue weighted by Crippen LogP contribution is 2.25. The first-order chi connectivity index (χ1) is 12.7. The lowest BCUT2D eigenvalue weighted by atomic mass is 10.00. The molecule has 3 N–H and O–H groups in total. The summed E-state index contributed by atoms with van der Waals surface area (Å²) >= 11 is 2.04. The quantitative estimate of drug-likeness (QED) is 0.303. The van der Waals surface area contributed by atoms with Crippen LogP contribution in [0.1, 0.15) is 30.9 Å². The second kappa shape index (κ2) is 12.1. The standard InChI is InChI=1S/C20H32N4OS.HI/c1-2-21-20(23-13-19-8-5-11-26-19)22-12-18(25)15-24-10-9-16-6-3-4-7-17(16)14-24;/h3-4,6-7,18-19,25H,2,5,8-15H2,1H3,(H2,21,22,23);1H. The first-order valence-electron chi connectivity index (χ1n) is 9.85. The zero-order chi connectivity index (χ0) is 18.2. The predicted molar refractivity (Wildman–Crippen MR) is 126 cm³/mol. The zero-order valence-corrected chi connectivity index (χ0v) is 19.3. The molecule has 2 unspecified atom stereocenters. The summed E-state index contributed by atoms with van der Waals surface area (Å²) in [4.78, 5) is 6.92. The van der Waals surface area contributed by atoms with Crippen molar-refractivity contribution in [3.8, 4) is 0 Å². The molecule has 3 rings (SSSR count). The predicted octanol–water partition coefficient (Wildman–Crippen LogP) is 2.47. The number of nitrogens with zero attached hydrogens (tertiary/aromatic N) is 2. The summed E-state index contributed by atoms with van der Waals surface area (Å²) in [6.45, 7) is 6.91. The Morgan fingerprint density at radius 2 is 2.15 bits per heavy atom. The Hall–Kier alpha value is -0.510. The third-order valence-electron chi connectivity index (χ3n) is 5.00. The van der Waals surface area contributed by atoms with Crippen molar-refractivity contribution in [3.63, 3.8) is 0 Å². The van der Waals surface area contributed by atoms with E-state index in [2.05, 4.69) is 51.7 Å². The summed E-state index contributed by atoms with van der Waals surface area (Å²) in [5, 5.41) is 17.8. The molecule has 0 aliphatic carbocycles. The van der Waals surface area contributed by atoms with E-state index in [-0.39, 0.29) is 24.0 Å². The minimum Gasteiger partial charge on any atom is -0.390 e. The molecule has 27 heavy (non-hydrogen) atoms. The van der Waals surface area contributed by atoms with Crippen LogP contribution in [0.4, 0.5) is 0 Å². The highest BCUT2D eigenvalue weighted by atomic mass is 127. The van der Waals surface area contributed by atoms with Gasteiger partial charge < -0.3 is 15.7 Å². The molecule has 1 aromatic rings. The van der Waals surface area contributed by atoms with Crippen LogP contribution in [-0.2, 0) is 13.0 Å². The normalized spacial score (nSPS) is 21.3. The SMILES string of the molecule is CCNC(=NCC(O)CN1CCc2ccccc2C1)NCC1CCCS1.I. The molecular formula is C20H33IN4OS. The van der Waals surface area contributed by atoms with Gasteiger partial charge in [0, 0.05) is 38.0 Å². The van der Waals surface area contributed by atoms with Gasteiger partial charge in [0.25, 0.3) is 0 Å². The van der Waals surface area contributed by atoms with Gasteiger partial charge in [-0.25, -0.2) is 0 Å². The molecule has 0 aromatic heterocycles. The smallest absolute Gasteiger partial charge is 0.191 e. The maximum absolute atomic E-state index is 10.4. The molecule has 0 amide bonds. The number of hydrogen-bond acceptors (Lipinski definition) is 4. The van der Waals surface area contributed by atoms with Gasteiger partial charge in [-0.15, -0.1) is 24.0 Å². The minimum absolute atomic E-state index is 0. The maximum atomic E-state index is 10.4. The highest BCUT2D eigenvalue weighted by Gasteiger charge is 2.19.